The van der Waals surface area contributed by atoms with Crippen LogP contribution in [0.2, 0.25) is 0 Å². The van der Waals surface area contributed by atoms with Gasteiger partial charge < -0.3 is 5.32 Å². The second-order valence-electron chi connectivity index (χ2n) is 4.59. The summed E-state index contributed by atoms with van der Waals surface area (Å²) in [6.45, 7) is 0.00932. The van der Waals surface area contributed by atoms with Crippen molar-refractivity contribution in [2.24, 2.45) is 0 Å². The Morgan fingerprint density at radius 3 is 1.86 bits per heavy atom. The number of hydrogen-bond acceptors (Lipinski definition) is 3. The van der Waals surface area contributed by atoms with Gasteiger partial charge >= 0.3 is 0 Å². The molecule has 1 saturated carbocycles. The molecule has 10 heteroatoms. The molecule has 21 heavy (non-hydrogen) atoms. The first-order valence-corrected chi connectivity index (χ1v) is 7.63. The molecule has 0 bridgehead atoms. The second-order valence-corrected chi connectivity index (χ2v) is 6.44. The zero-order valence-electron chi connectivity index (χ0n) is 10.5. The standard InChI is InChI=1S/C11H11F5N2O2S/c12-6-7(13)9(15)11(10(16)8(6)14)18-21(19,20)4-3-17-5-1-2-5/h5,17-18H,1-4H2. The summed E-state index contributed by atoms with van der Waals surface area (Å²) in [5, 5.41) is 2.84. The van der Waals surface area contributed by atoms with Crippen molar-refractivity contribution in [3.8, 4) is 0 Å². The number of rotatable bonds is 6. The third-order valence-corrected chi connectivity index (χ3v) is 4.11. The Kier molecular flexibility index (Phi) is 4.38. The highest BCUT2D eigenvalue weighted by molar-refractivity contribution is 7.92. The maximum Gasteiger partial charge on any atom is 0.234 e. The van der Waals surface area contributed by atoms with E-state index in [-0.39, 0.29) is 12.6 Å². The van der Waals surface area contributed by atoms with Gasteiger partial charge in [-0.3, -0.25) is 4.72 Å². The molecule has 2 N–H and O–H groups in total. The van der Waals surface area contributed by atoms with Crippen LogP contribution in [0.15, 0.2) is 0 Å². The fourth-order valence-corrected chi connectivity index (χ4v) is 2.56. The van der Waals surface area contributed by atoms with Crippen molar-refractivity contribution in [1.82, 2.24) is 5.32 Å². The van der Waals surface area contributed by atoms with Crippen LogP contribution in [0.4, 0.5) is 27.6 Å². The van der Waals surface area contributed by atoms with Crippen LogP contribution in [0, 0.1) is 29.1 Å². The molecule has 0 unspecified atom stereocenters. The minimum atomic E-state index is -4.24. The second kappa shape index (κ2) is 5.76. The molecular formula is C11H11F5N2O2S. The molecule has 2 rings (SSSR count). The molecule has 1 aliphatic carbocycles. The normalized spacial score (nSPS) is 15.3. The summed E-state index contributed by atoms with van der Waals surface area (Å²) in [6, 6.07) is 0.217. The maximum absolute atomic E-state index is 13.3. The molecule has 4 nitrogen and oxygen atoms in total. The minimum Gasteiger partial charge on any atom is -0.313 e. The summed E-state index contributed by atoms with van der Waals surface area (Å²) in [5.74, 6) is -11.7. The van der Waals surface area contributed by atoms with Crippen LogP contribution >= 0.6 is 0 Å². The molecule has 1 aromatic rings. The first-order valence-electron chi connectivity index (χ1n) is 5.98. The molecule has 1 aromatic carbocycles. The summed E-state index contributed by atoms with van der Waals surface area (Å²) >= 11 is 0. The van der Waals surface area contributed by atoms with Crippen LogP contribution in [0.3, 0.4) is 0 Å². The van der Waals surface area contributed by atoms with Crippen LogP contribution in [-0.2, 0) is 10.0 Å². The van der Waals surface area contributed by atoms with Crippen LogP contribution in [0.1, 0.15) is 12.8 Å². The lowest BCUT2D eigenvalue weighted by atomic mass is 10.2. The predicted molar refractivity (Wildman–Crippen MR) is 64.7 cm³/mol. The quantitative estimate of drug-likeness (QED) is 0.476. The maximum atomic E-state index is 13.3. The highest BCUT2D eigenvalue weighted by Crippen LogP contribution is 2.27. The van der Waals surface area contributed by atoms with Gasteiger partial charge in [0.15, 0.2) is 23.3 Å². The summed E-state index contributed by atoms with van der Waals surface area (Å²) in [7, 11) is -4.24. The fraction of sp³-hybridized carbons (Fsp3) is 0.455. The predicted octanol–water partition coefficient (Wildman–Crippen LogP) is 1.88. The number of hydrogen-bond donors (Lipinski definition) is 2. The van der Waals surface area contributed by atoms with E-state index in [0.717, 1.165) is 12.8 Å². The van der Waals surface area contributed by atoms with E-state index in [1.54, 1.807) is 0 Å². The molecule has 0 aliphatic heterocycles. The van der Waals surface area contributed by atoms with Gasteiger partial charge in [-0.15, -0.1) is 0 Å². The van der Waals surface area contributed by atoms with Gasteiger partial charge in [0, 0.05) is 12.6 Å². The van der Waals surface area contributed by atoms with Crippen LogP contribution in [0.5, 0.6) is 0 Å². The first kappa shape index (κ1) is 16.0. The van der Waals surface area contributed by atoms with Gasteiger partial charge in [0.25, 0.3) is 0 Å². The Labute approximate surface area is 117 Å². The van der Waals surface area contributed by atoms with E-state index in [1.165, 1.54) is 4.72 Å². The van der Waals surface area contributed by atoms with Gasteiger partial charge in [0.1, 0.15) is 5.69 Å². The lowest BCUT2D eigenvalue weighted by Gasteiger charge is -2.11. The summed E-state index contributed by atoms with van der Waals surface area (Å²) < 4.78 is 89.9. The average Bonchev–Trinajstić information content (AvgIpc) is 3.23. The van der Waals surface area contributed by atoms with Gasteiger partial charge in [-0.2, -0.15) is 0 Å². The number of sulfonamides is 1. The van der Waals surface area contributed by atoms with Gasteiger partial charge in [-0.05, 0) is 12.8 Å². The summed E-state index contributed by atoms with van der Waals surface area (Å²) in [6.07, 6.45) is 1.82. The number of halogens is 5. The Bertz CT molecular complexity index is 632. The van der Waals surface area contributed by atoms with Crippen LogP contribution < -0.4 is 10.0 Å². The van der Waals surface area contributed by atoms with E-state index in [4.69, 9.17) is 0 Å². The van der Waals surface area contributed by atoms with Gasteiger partial charge in [-0.25, -0.2) is 30.4 Å². The molecular weight excluding hydrogens is 319 g/mol. The molecule has 0 spiro atoms. The topological polar surface area (TPSA) is 58.2 Å². The third kappa shape index (κ3) is 3.62. The van der Waals surface area contributed by atoms with E-state index in [2.05, 4.69) is 5.32 Å². The molecule has 0 radical (unpaired) electrons. The first-order chi connectivity index (χ1) is 9.73. The molecule has 0 heterocycles. The highest BCUT2D eigenvalue weighted by Gasteiger charge is 2.28. The number of anilines is 1. The Morgan fingerprint density at radius 1 is 0.905 bits per heavy atom. The van der Waals surface area contributed by atoms with Crippen molar-refractivity contribution in [2.45, 2.75) is 18.9 Å². The van der Waals surface area contributed by atoms with Gasteiger partial charge in [0.2, 0.25) is 15.8 Å². The largest absolute Gasteiger partial charge is 0.313 e. The lowest BCUT2D eigenvalue weighted by Crippen LogP contribution is -2.28. The molecule has 1 fully saturated rings. The van der Waals surface area contributed by atoms with Gasteiger partial charge in [-0.1, -0.05) is 0 Å². The zero-order chi connectivity index (χ0) is 15.8. The SMILES string of the molecule is O=S(=O)(CCNC1CC1)Nc1c(F)c(F)c(F)c(F)c1F. The van der Waals surface area contributed by atoms with Crippen molar-refractivity contribution in [3.05, 3.63) is 29.1 Å². The van der Waals surface area contributed by atoms with Crippen molar-refractivity contribution >= 4 is 15.7 Å². The molecule has 0 aromatic heterocycles. The van der Waals surface area contributed by atoms with Crippen LogP contribution in [-0.4, -0.2) is 26.8 Å². The van der Waals surface area contributed by atoms with Crippen molar-refractivity contribution in [1.29, 1.82) is 0 Å². The van der Waals surface area contributed by atoms with E-state index in [1.807, 2.05) is 0 Å². The monoisotopic (exact) mass is 330 g/mol. The Balaban J connectivity index is 2.17. The lowest BCUT2D eigenvalue weighted by molar-refractivity contribution is 0.382. The van der Waals surface area contributed by atoms with Gasteiger partial charge in [0.05, 0.1) is 5.75 Å². The molecule has 0 saturated heterocycles. The fourth-order valence-electron chi connectivity index (χ4n) is 1.59. The van der Waals surface area contributed by atoms with E-state index in [0.29, 0.717) is 0 Å². The average molecular weight is 330 g/mol. The smallest absolute Gasteiger partial charge is 0.234 e. The molecule has 0 atom stereocenters. The van der Waals surface area contributed by atoms with E-state index < -0.39 is 50.5 Å². The van der Waals surface area contributed by atoms with Crippen molar-refractivity contribution in [3.63, 3.8) is 0 Å². The van der Waals surface area contributed by atoms with Crippen molar-refractivity contribution in [2.75, 3.05) is 17.0 Å². The van der Waals surface area contributed by atoms with Crippen LogP contribution in [0.25, 0.3) is 0 Å². The minimum absolute atomic E-state index is 0.00932. The van der Waals surface area contributed by atoms with E-state index >= 15 is 0 Å². The number of nitrogens with one attached hydrogen (secondary N) is 2. The molecule has 118 valence electrons. The summed E-state index contributed by atoms with van der Waals surface area (Å²) in [4.78, 5) is 0. The number of benzene rings is 1. The molecule has 1 aliphatic rings. The third-order valence-electron chi connectivity index (χ3n) is 2.85. The van der Waals surface area contributed by atoms with Crippen molar-refractivity contribution < 1.29 is 30.4 Å². The Morgan fingerprint density at radius 2 is 1.38 bits per heavy atom. The summed E-state index contributed by atoms with van der Waals surface area (Å²) in [5.41, 5.74) is -1.57. The zero-order valence-corrected chi connectivity index (χ0v) is 11.3. The highest BCUT2D eigenvalue weighted by atomic mass is 32.2. The Hall–Kier alpha value is -1.42. The molecule has 0 amide bonds. The van der Waals surface area contributed by atoms with E-state index in [9.17, 15) is 30.4 Å².